The number of unbranched alkanes of at least 4 members (excludes halogenated alkanes) is 1. The number of amides is 2. The number of nitrogens with one attached hydrogen (secondary N) is 1. The largest absolute Gasteiger partial charge is 0.497 e. The number of methoxy groups -OCH3 is 1. The highest BCUT2D eigenvalue weighted by molar-refractivity contribution is 5.88. The second-order valence-electron chi connectivity index (χ2n) is 9.70. The zero-order valence-corrected chi connectivity index (χ0v) is 23.0. The van der Waals surface area contributed by atoms with Crippen LogP contribution in [0.1, 0.15) is 56.2 Å². The first-order valence-corrected chi connectivity index (χ1v) is 13.4. The highest BCUT2D eigenvalue weighted by Gasteiger charge is 2.30. The summed E-state index contributed by atoms with van der Waals surface area (Å²) in [5, 5.41) is 3.05. The van der Waals surface area contributed by atoms with Crippen LogP contribution in [-0.4, -0.2) is 43.0 Å². The fourth-order valence-corrected chi connectivity index (χ4v) is 4.34. The van der Waals surface area contributed by atoms with E-state index in [1.165, 1.54) is 0 Å². The molecule has 0 unspecified atom stereocenters. The van der Waals surface area contributed by atoms with Gasteiger partial charge in [-0.05, 0) is 47.2 Å². The molecule has 38 heavy (non-hydrogen) atoms. The lowest BCUT2D eigenvalue weighted by molar-refractivity contribution is -0.142. The van der Waals surface area contributed by atoms with Gasteiger partial charge in [-0.1, -0.05) is 87.9 Å². The minimum atomic E-state index is -0.697. The lowest BCUT2D eigenvalue weighted by atomic mass is 10.0. The van der Waals surface area contributed by atoms with Gasteiger partial charge in [0.05, 0.1) is 7.11 Å². The molecule has 0 aliphatic rings. The number of benzene rings is 3. The molecule has 0 heterocycles. The van der Waals surface area contributed by atoms with Gasteiger partial charge in [0.15, 0.2) is 6.61 Å². The Kier molecular flexibility index (Phi) is 11.2. The van der Waals surface area contributed by atoms with Crippen molar-refractivity contribution < 1.29 is 19.1 Å². The van der Waals surface area contributed by atoms with Crippen molar-refractivity contribution in [3.05, 3.63) is 95.6 Å². The van der Waals surface area contributed by atoms with Crippen LogP contribution in [0.5, 0.6) is 11.5 Å². The molecule has 0 aliphatic heterocycles. The fraction of sp³-hybridized carbons (Fsp3) is 0.375. The Morgan fingerprint density at radius 2 is 1.63 bits per heavy atom. The number of ether oxygens (including phenoxy) is 2. The summed E-state index contributed by atoms with van der Waals surface area (Å²) in [5.41, 5.74) is 2.90. The molecule has 6 heteroatoms. The third-order valence-corrected chi connectivity index (χ3v) is 6.48. The Hall–Kier alpha value is -3.80. The Balaban J connectivity index is 1.92. The van der Waals surface area contributed by atoms with Crippen LogP contribution in [0.15, 0.2) is 78.9 Å². The van der Waals surface area contributed by atoms with E-state index in [4.69, 9.17) is 9.47 Å². The second-order valence-corrected chi connectivity index (χ2v) is 9.70. The molecule has 3 rings (SSSR count). The Bertz CT molecular complexity index is 1160. The summed E-state index contributed by atoms with van der Waals surface area (Å²) in [6.07, 6.45) is 2.25. The van der Waals surface area contributed by atoms with Crippen LogP contribution < -0.4 is 14.8 Å². The summed E-state index contributed by atoms with van der Waals surface area (Å²) in [5.74, 6) is 1.22. The molecular weight excluding hydrogens is 476 g/mol. The normalized spacial score (nSPS) is 11.6. The SMILES string of the molecule is CCCCNC(=O)[C@@H](Cc1ccccc1)N(Cc1cccc(OC)c1)C(=O)COc1ccccc1C(C)C. The van der Waals surface area contributed by atoms with Crippen molar-refractivity contribution in [3.8, 4) is 11.5 Å². The molecule has 0 saturated carbocycles. The average Bonchev–Trinajstić information content (AvgIpc) is 2.94. The van der Waals surface area contributed by atoms with Crippen LogP contribution >= 0.6 is 0 Å². The summed E-state index contributed by atoms with van der Waals surface area (Å²) < 4.78 is 11.5. The number of para-hydroxylation sites is 1. The van der Waals surface area contributed by atoms with Gasteiger partial charge in [-0.3, -0.25) is 9.59 Å². The molecule has 0 aromatic heterocycles. The molecule has 1 atom stereocenters. The van der Waals surface area contributed by atoms with E-state index in [1.807, 2.05) is 78.9 Å². The van der Waals surface area contributed by atoms with Crippen LogP contribution in [-0.2, 0) is 22.6 Å². The third kappa shape index (κ3) is 8.37. The van der Waals surface area contributed by atoms with E-state index in [0.717, 1.165) is 29.5 Å². The smallest absolute Gasteiger partial charge is 0.261 e. The number of carbonyl (C=O) groups is 2. The van der Waals surface area contributed by atoms with E-state index in [-0.39, 0.29) is 30.9 Å². The predicted octanol–water partition coefficient (Wildman–Crippen LogP) is 5.75. The number of hydrogen-bond donors (Lipinski definition) is 1. The molecule has 3 aromatic rings. The summed E-state index contributed by atoms with van der Waals surface area (Å²) in [4.78, 5) is 29.0. The van der Waals surface area contributed by atoms with E-state index in [1.54, 1.807) is 12.0 Å². The number of nitrogens with zero attached hydrogens (tertiary/aromatic N) is 1. The molecule has 202 valence electrons. The van der Waals surface area contributed by atoms with Crippen molar-refractivity contribution in [3.63, 3.8) is 0 Å². The molecule has 0 saturated heterocycles. The maximum atomic E-state index is 13.8. The van der Waals surface area contributed by atoms with Gasteiger partial charge < -0.3 is 19.7 Å². The summed E-state index contributed by atoms with van der Waals surface area (Å²) in [6, 6.07) is 24.4. The topological polar surface area (TPSA) is 67.9 Å². The number of hydrogen-bond acceptors (Lipinski definition) is 4. The molecule has 0 radical (unpaired) electrons. The standard InChI is InChI=1S/C32H40N2O4/c1-5-6-19-33-32(36)29(21-25-13-8-7-9-14-25)34(22-26-15-12-16-27(20-26)37-4)31(35)23-38-30-18-11-10-17-28(30)24(2)3/h7-18,20,24,29H,5-6,19,21-23H2,1-4H3,(H,33,36)/t29-/m1/s1. The van der Waals surface area contributed by atoms with Crippen molar-refractivity contribution in [1.29, 1.82) is 0 Å². The third-order valence-electron chi connectivity index (χ3n) is 6.48. The molecule has 0 fully saturated rings. The first-order valence-electron chi connectivity index (χ1n) is 13.4. The summed E-state index contributed by atoms with van der Waals surface area (Å²) in [6.45, 7) is 6.93. The molecule has 0 bridgehead atoms. The molecule has 2 amide bonds. The van der Waals surface area contributed by atoms with Gasteiger partial charge in [-0.2, -0.15) is 0 Å². The molecule has 3 aromatic carbocycles. The molecule has 0 spiro atoms. The van der Waals surface area contributed by atoms with E-state index in [2.05, 4.69) is 26.1 Å². The maximum absolute atomic E-state index is 13.8. The highest BCUT2D eigenvalue weighted by Crippen LogP contribution is 2.26. The first kappa shape index (κ1) is 28.8. The maximum Gasteiger partial charge on any atom is 0.261 e. The van der Waals surface area contributed by atoms with E-state index < -0.39 is 6.04 Å². The van der Waals surface area contributed by atoms with Crippen molar-refractivity contribution in [2.75, 3.05) is 20.3 Å². The van der Waals surface area contributed by atoms with Crippen LogP contribution in [0, 0.1) is 0 Å². The fourth-order valence-electron chi connectivity index (χ4n) is 4.34. The van der Waals surface area contributed by atoms with Gasteiger partial charge in [0, 0.05) is 19.5 Å². The van der Waals surface area contributed by atoms with E-state index in [0.29, 0.717) is 24.5 Å². The van der Waals surface area contributed by atoms with Crippen LogP contribution in [0.3, 0.4) is 0 Å². The van der Waals surface area contributed by atoms with Gasteiger partial charge in [0.25, 0.3) is 5.91 Å². The first-order chi connectivity index (χ1) is 18.4. The highest BCUT2D eigenvalue weighted by atomic mass is 16.5. The molecular formula is C32H40N2O4. The molecule has 1 N–H and O–H groups in total. The Morgan fingerprint density at radius 1 is 0.921 bits per heavy atom. The van der Waals surface area contributed by atoms with E-state index in [9.17, 15) is 9.59 Å². The monoisotopic (exact) mass is 516 g/mol. The lowest BCUT2D eigenvalue weighted by Crippen LogP contribution is -2.51. The van der Waals surface area contributed by atoms with Crippen molar-refractivity contribution in [2.45, 2.75) is 58.5 Å². The number of carbonyl (C=O) groups excluding carboxylic acids is 2. The predicted molar refractivity (Wildman–Crippen MR) is 151 cm³/mol. The summed E-state index contributed by atoms with van der Waals surface area (Å²) in [7, 11) is 1.61. The Labute approximate surface area is 227 Å². The average molecular weight is 517 g/mol. The van der Waals surface area contributed by atoms with Crippen molar-refractivity contribution >= 4 is 11.8 Å². The van der Waals surface area contributed by atoms with Crippen LogP contribution in [0.4, 0.5) is 0 Å². The number of rotatable bonds is 14. The second kappa shape index (κ2) is 14.8. The lowest BCUT2D eigenvalue weighted by Gasteiger charge is -2.31. The van der Waals surface area contributed by atoms with Crippen LogP contribution in [0.25, 0.3) is 0 Å². The minimum Gasteiger partial charge on any atom is -0.497 e. The molecule has 0 aliphatic carbocycles. The van der Waals surface area contributed by atoms with Gasteiger partial charge in [0.1, 0.15) is 17.5 Å². The van der Waals surface area contributed by atoms with Gasteiger partial charge >= 0.3 is 0 Å². The zero-order chi connectivity index (χ0) is 27.3. The minimum absolute atomic E-state index is 0.165. The van der Waals surface area contributed by atoms with Gasteiger partial charge in [-0.15, -0.1) is 0 Å². The van der Waals surface area contributed by atoms with Gasteiger partial charge in [-0.25, -0.2) is 0 Å². The van der Waals surface area contributed by atoms with Gasteiger partial charge in [0.2, 0.25) is 5.91 Å². The van der Waals surface area contributed by atoms with Crippen molar-refractivity contribution in [2.24, 2.45) is 0 Å². The zero-order valence-electron chi connectivity index (χ0n) is 23.0. The van der Waals surface area contributed by atoms with E-state index >= 15 is 0 Å². The molecule has 6 nitrogen and oxygen atoms in total. The van der Waals surface area contributed by atoms with Crippen LogP contribution in [0.2, 0.25) is 0 Å². The summed E-state index contributed by atoms with van der Waals surface area (Å²) >= 11 is 0. The van der Waals surface area contributed by atoms with Crippen molar-refractivity contribution in [1.82, 2.24) is 10.2 Å². The Morgan fingerprint density at radius 3 is 2.34 bits per heavy atom. The quantitative estimate of drug-likeness (QED) is 0.277.